The van der Waals surface area contributed by atoms with E-state index < -0.39 is 0 Å². The Bertz CT molecular complexity index is 1210. The number of carbonyl (C=O) groups is 1. The first-order chi connectivity index (χ1) is 14.1. The Morgan fingerprint density at radius 1 is 1.03 bits per heavy atom. The molecule has 7 heteroatoms. The van der Waals surface area contributed by atoms with Gasteiger partial charge in [-0.1, -0.05) is 12.1 Å². The second-order valence-electron chi connectivity index (χ2n) is 6.79. The van der Waals surface area contributed by atoms with Crippen LogP contribution in [0.3, 0.4) is 0 Å². The molecule has 0 saturated carbocycles. The molecule has 0 saturated heterocycles. The summed E-state index contributed by atoms with van der Waals surface area (Å²) in [5.41, 5.74) is 3.65. The third-order valence-corrected chi connectivity index (χ3v) is 7.10. The van der Waals surface area contributed by atoms with Gasteiger partial charge in [-0.3, -0.25) is 4.79 Å². The van der Waals surface area contributed by atoms with Crippen molar-refractivity contribution in [1.82, 2.24) is 4.98 Å². The number of nitrogens with one attached hydrogen (secondary N) is 1. The number of aryl methyl sites for hydroxylation is 1. The van der Waals surface area contributed by atoms with Crippen LogP contribution >= 0.6 is 22.7 Å². The number of carbonyl (C=O) groups excluding carboxylic acids is 1. The lowest BCUT2D eigenvalue weighted by atomic mass is 10.1. The molecule has 1 aliphatic rings. The lowest BCUT2D eigenvalue weighted by Gasteiger charge is -2.18. The van der Waals surface area contributed by atoms with Crippen LogP contribution in [0.1, 0.15) is 20.8 Å². The third-order valence-electron chi connectivity index (χ3n) is 4.92. The molecule has 1 amide bonds. The summed E-state index contributed by atoms with van der Waals surface area (Å²) in [6.07, 6.45) is 0. The molecule has 0 aliphatic carbocycles. The van der Waals surface area contributed by atoms with Crippen molar-refractivity contribution in [2.45, 2.75) is 13.8 Å². The van der Waals surface area contributed by atoms with Crippen LogP contribution in [0, 0.1) is 13.8 Å². The summed E-state index contributed by atoms with van der Waals surface area (Å²) in [5, 5.41) is 4.83. The number of nitrogens with zero attached hydrogens (tertiary/aromatic N) is 1. The van der Waals surface area contributed by atoms with Gasteiger partial charge in [0.25, 0.3) is 5.91 Å². The molecule has 29 heavy (non-hydrogen) atoms. The predicted octanol–water partition coefficient (Wildman–Crippen LogP) is 5.67. The fraction of sp³-hybridized carbons (Fsp3) is 0.182. The first kappa shape index (κ1) is 18.1. The number of hydrogen-bond acceptors (Lipinski definition) is 6. The van der Waals surface area contributed by atoms with Crippen LogP contribution in [0.2, 0.25) is 0 Å². The quantitative estimate of drug-likeness (QED) is 0.462. The Kier molecular flexibility index (Phi) is 4.49. The predicted molar refractivity (Wildman–Crippen MR) is 118 cm³/mol. The Morgan fingerprint density at radius 2 is 1.83 bits per heavy atom. The Labute approximate surface area is 175 Å². The summed E-state index contributed by atoms with van der Waals surface area (Å²) in [7, 11) is 0. The van der Waals surface area contributed by atoms with Crippen LogP contribution < -0.4 is 14.8 Å². The number of aromatic nitrogens is 1. The Morgan fingerprint density at radius 3 is 2.66 bits per heavy atom. The van der Waals surface area contributed by atoms with Crippen LogP contribution in [-0.4, -0.2) is 24.1 Å². The fourth-order valence-electron chi connectivity index (χ4n) is 3.31. The molecule has 0 radical (unpaired) electrons. The molecule has 2 aromatic heterocycles. The fourth-order valence-corrected chi connectivity index (χ4v) is 5.51. The summed E-state index contributed by atoms with van der Waals surface area (Å²) in [4.78, 5) is 18.9. The summed E-state index contributed by atoms with van der Waals surface area (Å²) >= 11 is 3.22. The second kappa shape index (κ2) is 7.17. The van der Waals surface area contributed by atoms with Gasteiger partial charge in [0.1, 0.15) is 23.2 Å². The number of anilines is 1. The summed E-state index contributed by atoms with van der Waals surface area (Å²) < 4.78 is 12.3. The number of para-hydroxylation sites is 1. The number of amides is 1. The number of benzene rings is 2. The molecule has 0 unspecified atom stereocenters. The smallest absolute Gasteiger partial charge is 0.256 e. The van der Waals surface area contributed by atoms with Crippen LogP contribution in [0.5, 0.6) is 11.5 Å². The minimum Gasteiger partial charge on any atom is -0.486 e. The van der Waals surface area contributed by atoms with Gasteiger partial charge in [-0.05, 0) is 49.7 Å². The number of thiophene rings is 1. The van der Waals surface area contributed by atoms with E-state index in [0.717, 1.165) is 36.2 Å². The van der Waals surface area contributed by atoms with Crippen molar-refractivity contribution < 1.29 is 14.3 Å². The maximum atomic E-state index is 13.0. The maximum absolute atomic E-state index is 13.0. The second-order valence-corrected chi connectivity index (χ2v) is 9.04. The molecule has 5 nitrogen and oxygen atoms in total. The van der Waals surface area contributed by atoms with E-state index in [-0.39, 0.29) is 5.91 Å². The standard InChI is InChI=1S/C22H18N2O3S2/c1-12-13(2)28-22(19(12)21-23-15-5-3-4-6-18(15)29-21)24-20(25)14-7-8-16-17(11-14)27-10-9-26-16/h3-8,11H,9-10H2,1-2H3,(H,24,25). The first-order valence-corrected chi connectivity index (χ1v) is 10.9. The van der Waals surface area contributed by atoms with Gasteiger partial charge in [0, 0.05) is 16.0 Å². The van der Waals surface area contributed by atoms with E-state index >= 15 is 0 Å². The topological polar surface area (TPSA) is 60.5 Å². The lowest BCUT2D eigenvalue weighted by Crippen LogP contribution is -2.17. The van der Waals surface area contributed by atoms with Crippen LogP contribution in [0.15, 0.2) is 42.5 Å². The molecule has 3 heterocycles. The van der Waals surface area contributed by atoms with Crippen molar-refractivity contribution in [3.05, 3.63) is 58.5 Å². The highest BCUT2D eigenvalue weighted by atomic mass is 32.1. The number of fused-ring (bicyclic) bond motifs is 2. The van der Waals surface area contributed by atoms with Gasteiger partial charge in [0.15, 0.2) is 11.5 Å². The molecule has 1 aliphatic heterocycles. The number of rotatable bonds is 3. The minimum atomic E-state index is -0.175. The molecular weight excluding hydrogens is 404 g/mol. The lowest BCUT2D eigenvalue weighted by molar-refractivity contribution is 0.102. The van der Waals surface area contributed by atoms with Crippen molar-refractivity contribution in [2.75, 3.05) is 18.5 Å². The molecule has 0 fully saturated rings. The van der Waals surface area contributed by atoms with E-state index in [1.54, 1.807) is 40.9 Å². The molecule has 5 rings (SSSR count). The van der Waals surface area contributed by atoms with E-state index in [9.17, 15) is 4.79 Å². The van der Waals surface area contributed by atoms with Crippen molar-refractivity contribution in [3.63, 3.8) is 0 Å². The molecule has 1 N–H and O–H groups in total. The van der Waals surface area contributed by atoms with E-state index in [1.165, 1.54) is 0 Å². The average molecular weight is 423 g/mol. The SMILES string of the molecule is Cc1sc(NC(=O)c2ccc3c(c2)OCCO3)c(-c2nc3ccccc3s2)c1C. The molecule has 0 bridgehead atoms. The minimum absolute atomic E-state index is 0.175. The highest BCUT2D eigenvalue weighted by molar-refractivity contribution is 7.22. The van der Waals surface area contributed by atoms with Crippen LogP contribution in [0.4, 0.5) is 5.00 Å². The molecular formula is C22H18N2O3S2. The number of hydrogen-bond donors (Lipinski definition) is 1. The summed E-state index contributed by atoms with van der Waals surface area (Å²) in [6, 6.07) is 13.4. The highest BCUT2D eigenvalue weighted by Crippen LogP contribution is 2.43. The zero-order valence-electron chi connectivity index (χ0n) is 15.9. The molecule has 4 aromatic rings. The summed E-state index contributed by atoms with van der Waals surface area (Å²) in [6.45, 7) is 5.16. The van der Waals surface area contributed by atoms with Crippen molar-refractivity contribution in [3.8, 4) is 22.1 Å². The van der Waals surface area contributed by atoms with Crippen molar-refractivity contribution in [1.29, 1.82) is 0 Å². The van der Waals surface area contributed by atoms with Crippen molar-refractivity contribution in [2.24, 2.45) is 0 Å². The largest absolute Gasteiger partial charge is 0.486 e. The number of thiazole rings is 1. The maximum Gasteiger partial charge on any atom is 0.256 e. The molecule has 0 spiro atoms. The Balaban J connectivity index is 1.50. The molecule has 146 valence electrons. The van der Waals surface area contributed by atoms with Gasteiger partial charge >= 0.3 is 0 Å². The van der Waals surface area contributed by atoms with Gasteiger partial charge in [0.2, 0.25) is 0 Å². The summed E-state index contributed by atoms with van der Waals surface area (Å²) in [5.74, 6) is 1.10. The zero-order chi connectivity index (χ0) is 20.0. The highest BCUT2D eigenvalue weighted by Gasteiger charge is 2.21. The number of ether oxygens (including phenoxy) is 2. The van der Waals surface area contributed by atoms with Gasteiger partial charge < -0.3 is 14.8 Å². The van der Waals surface area contributed by atoms with Gasteiger partial charge in [-0.15, -0.1) is 22.7 Å². The first-order valence-electron chi connectivity index (χ1n) is 9.27. The van der Waals surface area contributed by atoms with E-state index in [2.05, 4.69) is 25.2 Å². The average Bonchev–Trinajstić information content (AvgIpc) is 3.28. The Hall–Kier alpha value is -2.90. The normalized spacial score (nSPS) is 12.9. The van der Waals surface area contributed by atoms with Gasteiger partial charge in [-0.2, -0.15) is 0 Å². The van der Waals surface area contributed by atoms with Gasteiger partial charge in [0.05, 0.1) is 10.2 Å². The van der Waals surface area contributed by atoms with Crippen molar-refractivity contribution >= 4 is 43.8 Å². The van der Waals surface area contributed by atoms with E-state index in [1.807, 2.05) is 18.2 Å². The zero-order valence-corrected chi connectivity index (χ0v) is 17.6. The molecule has 2 aromatic carbocycles. The van der Waals surface area contributed by atoms with E-state index in [4.69, 9.17) is 14.5 Å². The van der Waals surface area contributed by atoms with Crippen LogP contribution in [0.25, 0.3) is 20.8 Å². The monoisotopic (exact) mass is 422 g/mol. The third kappa shape index (κ3) is 3.26. The van der Waals surface area contributed by atoms with Crippen LogP contribution in [-0.2, 0) is 0 Å². The molecule has 0 atom stereocenters. The van der Waals surface area contributed by atoms with Gasteiger partial charge in [-0.25, -0.2) is 4.98 Å². The van der Waals surface area contributed by atoms with E-state index in [0.29, 0.717) is 30.3 Å².